The summed E-state index contributed by atoms with van der Waals surface area (Å²) in [7, 11) is 0. The summed E-state index contributed by atoms with van der Waals surface area (Å²) in [4.78, 5) is 24.6. The van der Waals surface area contributed by atoms with Gasteiger partial charge < -0.3 is 14.9 Å². The molecule has 1 aromatic carbocycles. The standard InChI is InChI=1S/C20H22N4O5/c1-12(2)11-29-20(28)14-6-4-5-7-16(14)22-23-17-13(3)15(10-21)18(26)24(8-9-25)19(17)27/h4-7,12,25,27H,8-9,11H2,1-3H3/b23-22+. The van der Waals surface area contributed by atoms with E-state index >= 15 is 0 Å². The number of aromatic nitrogens is 1. The highest BCUT2D eigenvalue weighted by molar-refractivity contribution is 5.94. The minimum atomic E-state index is -0.729. The van der Waals surface area contributed by atoms with Crippen LogP contribution in [-0.4, -0.2) is 34.0 Å². The number of nitrogens with zero attached hydrogens (tertiary/aromatic N) is 4. The molecule has 29 heavy (non-hydrogen) atoms. The third-order valence-corrected chi connectivity index (χ3v) is 4.02. The Morgan fingerprint density at radius 2 is 2.00 bits per heavy atom. The van der Waals surface area contributed by atoms with E-state index in [0.717, 1.165) is 4.57 Å². The largest absolute Gasteiger partial charge is 0.493 e. The Labute approximate surface area is 167 Å². The lowest BCUT2D eigenvalue weighted by Gasteiger charge is -2.12. The molecule has 2 aromatic rings. The fourth-order valence-corrected chi connectivity index (χ4v) is 2.52. The van der Waals surface area contributed by atoms with Crippen LogP contribution >= 0.6 is 0 Å². The quantitative estimate of drug-likeness (QED) is 0.543. The number of carbonyl (C=O) groups is 1. The molecule has 9 nitrogen and oxygen atoms in total. The first-order chi connectivity index (χ1) is 13.8. The molecular weight excluding hydrogens is 376 g/mol. The number of pyridine rings is 1. The minimum Gasteiger partial charge on any atom is -0.493 e. The van der Waals surface area contributed by atoms with E-state index in [9.17, 15) is 20.0 Å². The molecule has 2 N–H and O–H groups in total. The summed E-state index contributed by atoms with van der Waals surface area (Å²) in [5.74, 6) is -0.911. The Morgan fingerprint density at radius 1 is 1.31 bits per heavy atom. The van der Waals surface area contributed by atoms with E-state index in [1.165, 1.54) is 13.0 Å². The Balaban J connectivity index is 2.51. The smallest absolute Gasteiger partial charge is 0.340 e. The molecule has 0 radical (unpaired) electrons. The van der Waals surface area contributed by atoms with E-state index in [1.54, 1.807) is 24.3 Å². The van der Waals surface area contributed by atoms with Gasteiger partial charge in [0.1, 0.15) is 17.3 Å². The predicted octanol–water partition coefficient (Wildman–Crippen LogP) is 2.95. The Hall–Kier alpha value is -3.51. The number of ether oxygens (including phenoxy) is 1. The summed E-state index contributed by atoms with van der Waals surface area (Å²) in [6.07, 6.45) is 0. The molecule has 0 aliphatic carbocycles. The summed E-state index contributed by atoms with van der Waals surface area (Å²) in [6.45, 7) is 4.92. The molecule has 152 valence electrons. The first kappa shape index (κ1) is 21.8. The van der Waals surface area contributed by atoms with Crippen molar-refractivity contribution in [3.63, 3.8) is 0 Å². The first-order valence-corrected chi connectivity index (χ1v) is 8.97. The summed E-state index contributed by atoms with van der Waals surface area (Å²) in [5.41, 5.74) is -0.493. The molecule has 0 amide bonds. The topological polar surface area (TPSA) is 137 Å². The molecule has 0 saturated heterocycles. The lowest BCUT2D eigenvalue weighted by atomic mass is 10.1. The minimum absolute atomic E-state index is 0.0973. The van der Waals surface area contributed by atoms with Gasteiger partial charge in [-0.3, -0.25) is 9.36 Å². The van der Waals surface area contributed by atoms with Crippen molar-refractivity contribution < 1.29 is 19.7 Å². The Bertz CT molecular complexity index is 1030. The maximum Gasteiger partial charge on any atom is 0.340 e. The van der Waals surface area contributed by atoms with Crippen LogP contribution in [0.1, 0.15) is 35.3 Å². The normalized spacial score (nSPS) is 11.0. The van der Waals surface area contributed by atoms with E-state index in [0.29, 0.717) is 0 Å². The van der Waals surface area contributed by atoms with Crippen molar-refractivity contribution in [1.29, 1.82) is 5.26 Å². The summed E-state index contributed by atoms with van der Waals surface area (Å²) in [6, 6.07) is 8.19. The number of azo groups is 1. The van der Waals surface area contributed by atoms with Gasteiger partial charge in [0.2, 0.25) is 5.88 Å². The number of hydrogen-bond donors (Lipinski definition) is 2. The van der Waals surface area contributed by atoms with Gasteiger partial charge in [-0.05, 0) is 25.0 Å². The van der Waals surface area contributed by atoms with Gasteiger partial charge in [-0.15, -0.1) is 10.2 Å². The molecular formula is C20H22N4O5. The zero-order valence-corrected chi connectivity index (χ0v) is 16.4. The molecule has 0 fully saturated rings. The second-order valence-corrected chi connectivity index (χ2v) is 6.67. The van der Waals surface area contributed by atoms with Gasteiger partial charge in [0, 0.05) is 5.56 Å². The summed E-state index contributed by atoms with van der Waals surface area (Å²) in [5, 5.41) is 36.8. The second kappa shape index (κ2) is 9.61. The maximum absolute atomic E-state index is 12.3. The predicted molar refractivity (Wildman–Crippen MR) is 105 cm³/mol. The molecule has 2 rings (SSSR count). The zero-order chi connectivity index (χ0) is 21.6. The Morgan fingerprint density at radius 3 is 2.62 bits per heavy atom. The number of aromatic hydroxyl groups is 1. The average molecular weight is 398 g/mol. The number of carbonyl (C=O) groups excluding carboxylic acids is 1. The molecule has 0 aliphatic rings. The van der Waals surface area contributed by atoms with Crippen LogP contribution < -0.4 is 5.56 Å². The van der Waals surface area contributed by atoms with Crippen molar-refractivity contribution in [2.45, 2.75) is 27.3 Å². The fraction of sp³-hybridized carbons (Fsp3) is 0.350. The lowest BCUT2D eigenvalue weighted by Crippen LogP contribution is -2.25. The molecule has 0 atom stereocenters. The number of rotatable bonds is 7. The van der Waals surface area contributed by atoms with Gasteiger partial charge >= 0.3 is 5.97 Å². The van der Waals surface area contributed by atoms with Crippen molar-refractivity contribution >= 4 is 17.3 Å². The fourth-order valence-electron chi connectivity index (χ4n) is 2.52. The van der Waals surface area contributed by atoms with Gasteiger partial charge in [-0.1, -0.05) is 26.0 Å². The van der Waals surface area contributed by atoms with Crippen molar-refractivity contribution in [2.24, 2.45) is 16.1 Å². The average Bonchev–Trinajstić information content (AvgIpc) is 2.70. The van der Waals surface area contributed by atoms with E-state index < -0.39 is 24.0 Å². The van der Waals surface area contributed by atoms with Crippen molar-refractivity contribution in [3.05, 3.63) is 51.3 Å². The first-order valence-electron chi connectivity index (χ1n) is 8.97. The zero-order valence-electron chi connectivity index (χ0n) is 16.4. The van der Waals surface area contributed by atoms with Crippen LogP contribution in [0.4, 0.5) is 11.4 Å². The highest BCUT2D eigenvalue weighted by Gasteiger charge is 2.19. The van der Waals surface area contributed by atoms with Gasteiger partial charge in [0.25, 0.3) is 5.56 Å². The van der Waals surface area contributed by atoms with Crippen LogP contribution in [0.2, 0.25) is 0 Å². The van der Waals surface area contributed by atoms with E-state index in [2.05, 4.69) is 10.2 Å². The number of benzene rings is 1. The molecule has 0 spiro atoms. The second-order valence-electron chi connectivity index (χ2n) is 6.67. The summed E-state index contributed by atoms with van der Waals surface area (Å²) < 4.78 is 6.08. The third kappa shape index (κ3) is 4.86. The van der Waals surface area contributed by atoms with Crippen molar-refractivity contribution in [3.8, 4) is 11.9 Å². The van der Waals surface area contributed by atoms with E-state index in [-0.39, 0.29) is 47.1 Å². The van der Waals surface area contributed by atoms with Gasteiger partial charge in [0.05, 0.1) is 25.3 Å². The monoisotopic (exact) mass is 398 g/mol. The molecule has 0 saturated carbocycles. The van der Waals surface area contributed by atoms with Crippen molar-refractivity contribution in [2.75, 3.05) is 13.2 Å². The van der Waals surface area contributed by atoms with Crippen molar-refractivity contribution in [1.82, 2.24) is 4.57 Å². The van der Waals surface area contributed by atoms with Crippen LogP contribution in [0.5, 0.6) is 5.88 Å². The number of nitriles is 1. The van der Waals surface area contributed by atoms with Crippen LogP contribution in [-0.2, 0) is 11.3 Å². The number of aliphatic hydroxyl groups is 1. The summed E-state index contributed by atoms with van der Waals surface area (Å²) >= 11 is 0. The Kier molecular flexibility index (Phi) is 7.22. The molecule has 1 heterocycles. The van der Waals surface area contributed by atoms with Crippen LogP contribution in [0, 0.1) is 24.2 Å². The lowest BCUT2D eigenvalue weighted by molar-refractivity contribution is 0.0460. The van der Waals surface area contributed by atoms with Gasteiger partial charge in [0.15, 0.2) is 5.69 Å². The maximum atomic E-state index is 12.3. The van der Waals surface area contributed by atoms with E-state index in [1.807, 2.05) is 13.8 Å². The van der Waals surface area contributed by atoms with Gasteiger partial charge in [-0.2, -0.15) is 5.26 Å². The van der Waals surface area contributed by atoms with Gasteiger partial charge in [-0.25, -0.2) is 4.79 Å². The number of esters is 1. The molecule has 0 unspecified atom stereocenters. The van der Waals surface area contributed by atoms with Crippen LogP contribution in [0.3, 0.4) is 0 Å². The third-order valence-electron chi connectivity index (χ3n) is 4.02. The SMILES string of the molecule is Cc1c(/N=N/c2ccccc2C(=O)OCC(C)C)c(O)n(CCO)c(=O)c1C#N. The molecule has 1 aromatic heterocycles. The number of hydrogen-bond acceptors (Lipinski definition) is 8. The molecule has 0 aliphatic heterocycles. The number of aliphatic hydroxyl groups excluding tert-OH is 1. The molecule has 9 heteroatoms. The highest BCUT2D eigenvalue weighted by atomic mass is 16.5. The molecule has 0 bridgehead atoms. The highest BCUT2D eigenvalue weighted by Crippen LogP contribution is 2.32. The van der Waals surface area contributed by atoms with Crippen LogP contribution in [0.15, 0.2) is 39.3 Å². The van der Waals surface area contributed by atoms with Crippen LogP contribution in [0.25, 0.3) is 0 Å². The van der Waals surface area contributed by atoms with E-state index in [4.69, 9.17) is 9.84 Å².